The summed E-state index contributed by atoms with van der Waals surface area (Å²) in [6.45, 7) is 10.8. The molecule has 9 nitrogen and oxygen atoms in total. The van der Waals surface area contributed by atoms with E-state index < -0.39 is 28.8 Å². The third-order valence-corrected chi connectivity index (χ3v) is 11.7. The number of hydrogen-bond donors (Lipinski definition) is 4. The average molecular weight is 702 g/mol. The Bertz CT molecular complexity index is 1630. The minimum atomic E-state index is -0.972. The Morgan fingerprint density at radius 1 is 0.920 bits per heavy atom. The molecular weight excluding hydrogens is 647 g/mol. The van der Waals surface area contributed by atoms with E-state index in [1.54, 1.807) is 6.07 Å². The number of aromatic nitrogens is 1. The summed E-state index contributed by atoms with van der Waals surface area (Å²) in [5, 5.41) is 22.3. The Kier molecular flexibility index (Phi) is 12.3. The molecule has 10 heteroatoms. The van der Waals surface area contributed by atoms with E-state index in [1.165, 1.54) is 24.6 Å². The summed E-state index contributed by atoms with van der Waals surface area (Å²) in [4.78, 5) is 48.3. The van der Waals surface area contributed by atoms with Gasteiger partial charge in [-0.15, -0.1) is 0 Å². The van der Waals surface area contributed by atoms with Crippen LogP contribution in [0.4, 0.5) is 0 Å². The number of piperidine rings is 1. The summed E-state index contributed by atoms with van der Waals surface area (Å²) in [7, 11) is 0. The molecule has 6 atom stereocenters. The van der Waals surface area contributed by atoms with Crippen molar-refractivity contribution < 1.29 is 19.5 Å². The van der Waals surface area contributed by atoms with Gasteiger partial charge in [0.05, 0.1) is 23.7 Å². The molecule has 1 aromatic heterocycles. The zero-order valence-corrected chi connectivity index (χ0v) is 31.3. The number of fused-ring (bicyclic) bond motifs is 2. The number of nitrogens with zero attached hydrogens (tertiary/aromatic N) is 2. The average Bonchev–Trinajstić information content (AvgIpc) is 3.09. The van der Waals surface area contributed by atoms with Crippen molar-refractivity contribution in [1.29, 1.82) is 0 Å². The van der Waals surface area contributed by atoms with Gasteiger partial charge in [-0.1, -0.05) is 73.9 Å². The van der Waals surface area contributed by atoms with Crippen molar-refractivity contribution in [3.63, 3.8) is 0 Å². The van der Waals surface area contributed by atoms with Crippen LogP contribution in [0.2, 0.25) is 0 Å². The van der Waals surface area contributed by atoms with Gasteiger partial charge in [-0.25, -0.2) is 4.98 Å². The number of carbonyl (C=O) groups excluding carboxylic acids is 3. The van der Waals surface area contributed by atoms with Crippen molar-refractivity contribution >= 4 is 40.4 Å². The smallest absolute Gasteiger partial charge is 0.270 e. The third kappa shape index (κ3) is 9.65. The summed E-state index contributed by atoms with van der Waals surface area (Å²) in [5.74, 6) is 0.155. The minimum Gasteiger partial charge on any atom is -0.390 e. The van der Waals surface area contributed by atoms with E-state index in [9.17, 15) is 19.5 Å². The van der Waals surface area contributed by atoms with Crippen LogP contribution in [0.3, 0.4) is 0 Å². The highest BCUT2D eigenvalue weighted by atomic mass is 32.2. The Morgan fingerprint density at radius 3 is 2.30 bits per heavy atom. The van der Waals surface area contributed by atoms with Gasteiger partial charge in [-0.2, -0.15) is 11.8 Å². The predicted octanol–water partition coefficient (Wildman–Crippen LogP) is 5.36. The van der Waals surface area contributed by atoms with Gasteiger partial charge < -0.3 is 21.1 Å². The van der Waals surface area contributed by atoms with Gasteiger partial charge in [0.25, 0.3) is 5.91 Å². The Labute approximate surface area is 301 Å². The zero-order valence-electron chi connectivity index (χ0n) is 30.4. The van der Waals surface area contributed by atoms with Crippen molar-refractivity contribution in [2.75, 3.05) is 19.3 Å². The molecule has 0 radical (unpaired) electrons. The van der Waals surface area contributed by atoms with Gasteiger partial charge >= 0.3 is 0 Å². The molecule has 4 N–H and O–H groups in total. The minimum absolute atomic E-state index is 0.0100. The van der Waals surface area contributed by atoms with Gasteiger partial charge in [0, 0.05) is 28.8 Å². The standard InChI is InChI=1S/C40H55N5O4S/c1-39(2,3)44-37(48)33-23-28-17-10-11-18-29(28)24-45(33)25-34(46)32(22-26-14-8-7-9-15-26)42-38(49)35(40(4,5)50-6)43-36(47)31-21-20-27-16-12-13-19-30(27)41-31/h7-9,12-16,19-21,28-29,32-35,46H,10-11,17-18,22-25H2,1-6H3,(H,42,49)(H,43,47)(H,44,48)/t28-,29+,32-,33-,34+,35+/m0/s1. The second kappa shape index (κ2) is 16.3. The molecule has 0 spiro atoms. The largest absolute Gasteiger partial charge is 0.390 e. The molecule has 1 aliphatic heterocycles. The highest BCUT2D eigenvalue weighted by Crippen LogP contribution is 2.39. The second-order valence-corrected chi connectivity index (χ2v) is 17.2. The number of rotatable bonds is 12. The van der Waals surface area contributed by atoms with Gasteiger partial charge in [-0.05, 0) is 89.7 Å². The lowest BCUT2D eigenvalue weighted by Gasteiger charge is -2.47. The summed E-state index contributed by atoms with van der Waals surface area (Å²) < 4.78 is -0.683. The van der Waals surface area contributed by atoms with Gasteiger partial charge in [-0.3, -0.25) is 19.3 Å². The maximum absolute atomic E-state index is 14.3. The number of hydrogen-bond acceptors (Lipinski definition) is 7. The van der Waals surface area contributed by atoms with E-state index in [4.69, 9.17) is 0 Å². The molecule has 0 bridgehead atoms. The van der Waals surface area contributed by atoms with Gasteiger partial charge in [0.15, 0.2) is 0 Å². The highest BCUT2D eigenvalue weighted by Gasteiger charge is 2.43. The summed E-state index contributed by atoms with van der Waals surface area (Å²) in [6, 6.07) is 18.9. The molecule has 1 aliphatic carbocycles. The molecule has 2 heterocycles. The first-order valence-corrected chi connectivity index (χ1v) is 19.3. The lowest BCUT2D eigenvalue weighted by molar-refractivity contribution is -0.133. The van der Waals surface area contributed by atoms with E-state index in [0.29, 0.717) is 23.8 Å². The van der Waals surface area contributed by atoms with Gasteiger partial charge in [0.1, 0.15) is 11.7 Å². The summed E-state index contributed by atoms with van der Waals surface area (Å²) >= 11 is 1.48. The van der Waals surface area contributed by atoms with Crippen molar-refractivity contribution in [2.24, 2.45) is 11.8 Å². The number of aliphatic hydroxyl groups is 1. The number of pyridine rings is 1. The first kappa shape index (κ1) is 37.8. The number of para-hydroxylation sites is 1. The highest BCUT2D eigenvalue weighted by molar-refractivity contribution is 8.00. The number of aliphatic hydroxyl groups excluding tert-OH is 1. The molecule has 50 heavy (non-hydrogen) atoms. The number of β-amino-alcohol motifs (C(OH)–C–C–N with tert-alkyl or cyclic N) is 1. The van der Waals surface area contributed by atoms with E-state index >= 15 is 0 Å². The van der Waals surface area contributed by atoms with E-state index in [0.717, 1.165) is 36.8 Å². The number of thioether (sulfide) groups is 1. The number of amides is 3. The van der Waals surface area contributed by atoms with E-state index in [2.05, 4.69) is 25.8 Å². The second-order valence-electron chi connectivity index (χ2n) is 15.7. The Morgan fingerprint density at radius 2 is 1.60 bits per heavy atom. The lowest BCUT2D eigenvalue weighted by atomic mass is 9.72. The van der Waals surface area contributed by atoms with Crippen LogP contribution in [0, 0.1) is 11.8 Å². The fraction of sp³-hybridized carbons (Fsp3) is 0.550. The molecule has 3 aromatic rings. The van der Waals surface area contributed by atoms with Crippen molar-refractivity contribution in [2.45, 2.75) is 108 Å². The third-order valence-electron chi connectivity index (χ3n) is 10.4. The van der Waals surface area contributed by atoms with Crippen LogP contribution in [0.5, 0.6) is 0 Å². The fourth-order valence-electron chi connectivity index (χ4n) is 7.48. The van der Waals surface area contributed by atoms with Crippen molar-refractivity contribution in [3.8, 4) is 0 Å². The van der Waals surface area contributed by atoms with Crippen LogP contribution in [0.15, 0.2) is 66.7 Å². The van der Waals surface area contributed by atoms with Crippen LogP contribution in [-0.2, 0) is 16.0 Å². The Balaban J connectivity index is 1.38. The first-order valence-electron chi connectivity index (χ1n) is 18.0. The normalized spacial score (nSPS) is 21.8. The number of carbonyl (C=O) groups is 3. The molecule has 2 fully saturated rings. The summed E-state index contributed by atoms with van der Waals surface area (Å²) in [6.07, 6.45) is 6.76. The number of nitrogens with one attached hydrogen (secondary N) is 3. The van der Waals surface area contributed by atoms with Crippen LogP contribution in [0.25, 0.3) is 10.9 Å². The maximum Gasteiger partial charge on any atom is 0.270 e. The topological polar surface area (TPSA) is 124 Å². The monoisotopic (exact) mass is 701 g/mol. The quantitative estimate of drug-likeness (QED) is 0.201. The zero-order chi connectivity index (χ0) is 36.1. The molecule has 270 valence electrons. The lowest BCUT2D eigenvalue weighted by Crippen LogP contribution is -2.62. The van der Waals surface area contributed by atoms with Crippen LogP contribution in [0.1, 0.15) is 82.8 Å². The molecule has 2 aromatic carbocycles. The van der Waals surface area contributed by atoms with E-state index in [-0.39, 0.29) is 35.6 Å². The molecule has 0 unspecified atom stereocenters. The first-order chi connectivity index (χ1) is 23.7. The van der Waals surface area contributed by atoms with Crippen LogP contribution < -0.4 is 16.0 Å². The Hall–Kier alpha value is -3.47. The van der Waals surface area contributed by atoms with Crippen LogP contribution in [-0.4, -0.2) is 86.6 Å². The molecular formula is C40H55N5O4S. The van der Waals surface area contributed by atoms with E-state index in [1.807, 2.05) is 102 Å². The molecule has 1 saturated carbocycles. The molecule has 3 amide bonds. The number of likely N-dealkylation sites (tertiary alicyclic amines) is 1. The molecule has 1 saturated heterocycles. The molecule has 5 rings (SSSR count). The SMILES string of the molecule is CSC(C)(C)[C@H](NC(=O)c1ccc2ccccc2n1)C(=O)N[C@@H](Cc1ccccc1)[C@H](O)CN1C[C@H]2CCCC[C@H]2C[C@H]1C(=O)NC(C)(C)C. The van der Waals surface area contributed by atoms with Gasteiger partial charge in [0.2, 0.25) is 11.8 Å². The maximum atomic E-state index is 14.3. The predicted molar refractivity (Wildman–Crippen MR) is 202 cm³/mol. The molecule has 2 aliphatic rings. The van der Waals surface area contributed by atoms with Crippen molar-refractivity contribution in [1.82, 2.24) is 25.8 Å². The van der Waals surface area contributed by atoms with Crippen LogP contribution >= 0.6 is 11.8 Å². The summed E-state index contributed by atoms with van der Waals surface area (Å²) in [5.41, 5.74) is 1.52. The fourth-order valence-corrected chi connectivity index (χ4v) is 7.88. The number of benzene rings is 2. The van der Waals surface area contributed by atoms with Crippen molar-refractivity contribution in [3.05, 3.63) is 78.0 Å².